The monoisotopic (exact) mass is 216 g/mol. The molecule has 16 heavy (non-hydrogen) atoms. The second-order valence-corrected chi connectivity index (χ2v) is 4.81. The van der Waals surface area contributed by atoms with Gasteiger partial charge in [0.1, 0.15) is 0 Å². The van der Waals surface area contributed by atoms with Gasteiger partial charge in [0.25, 0.3) is 0 Å². The maximum Gasteiger partial charge on any atom is 0.168 e. The van der Waals surface area contributed by atoms with Gasteiger partial charge in [-0.2, -0.15) is 0 Å². The molecule has 0 heterocycles. The van der Waals surface area contributed by atoms with Crippen LogP contribution < -0.4 is 0 Å². The van der Waals surface area contributed by atoms with Crippen molar-refractivity contribution in [3.05, 3.63) is 42.5 Å². The van der Waals surface area contributed by atoms with E-state index < -0.39 is 0 Å². The van der Waals surface area contributed by atoms with E-state index in [1.54, 1.807) is 0 Å². The van der Waals surface area contributed by atoms with Crippen molar-refractivity contribution in [1.82, 2.24) is 0 Å². The number of carbonyl (C=O) groups is 1. The van der Waals surface area contributed by atoms with E-state index in [2.05, 4.69) is 13.5 Å². The molecular weight excluding hydrogens is 196 g/mol. The largest absolute Gasteiger partial charge is 0.294 e. The third kappa shape index (κ3) is 2.82. The SMILES string of the molecule is C=C(C(=O)C(C)(C)CCC)c1ccccc1. The fourth-order valence-electron chi connectivity index (χ4n) is 1.92. The maximum atomic E-state index is 12.3. The normalized spacial score (nSPS) is 11.2. The molecule has 0 N–H and O–H groups in total. The van der Waals surface area contributed by atoms with Crippen LogP contribution in [0, 0.1) is 5.41 Å². The van der Waals surface area contributed by atoms with Gasteiger partial charge in [0.15, 0.2) is 5.78 Å². The molecule has 0 amide bonds. The number of rotatable bonds is 5. The first-order valence-corrected chi connectivity index (χ1v) is 5.78. The van der Waals surface area contributed by atoms with Gasteiger partial charge in [0.2, 0.25) is 0 Å². The van der Waals surface area contributed by atoms with Gasteiger partial charge in [-0.3, -0.25) is 4.79 Å². The number of carbonyl (C=O) groups excluding carboxylic acids is 1. The molecule has 0 unspecified atom stereocenters. The Morgan fingerprint density at radius 2 is 1.81 bits per heavy atom. The summed E-state index contributed by atoms with van der Waals surface area (Å²) in [5.41, 5.74) is 1.25. The van der Waals surface area contributed by atoms with Crippen LogP contribution in [0.15, 0.2) is 36.9 Å². The Morgan fingerprint density at radius 1 is 1.25 bits per heavy atom. The molecule has 86 valence electrons. The number of hydrogen-bond donors (Lipinski definition) is 0. The number of allylic oxidation sites excluding steroid dienone is 1. The van der Waals surface area contributed by atoms with Crippen LogP contribution in [0.4, 0.5) is 0 Å². The standard InChI is InChI=1S/C15H20O/c1-5-11-15(3,4)14(16)12(2)13-9-7-6-8-10-13/h6-10H,2,5,11H2,1,3-4H3. The summed E-state index contributed by atoms with van der Waals surface area (Å²) in [6.45, 7) is 10.0. The quantitative estimate of drug-likeness (QED) is 0.677. The summed E-state index contributed by atoms with van der Waals surface area (Å²) in [5, 5.41) is 0. The highest BCUT2D eigenvalue weighted by molar-refractivity contribution is 6.22. The highest BCUT2D eigenvalue weighted by Crippen LogP contribution is 2.30. The molecule has 0 spiro atoms. The zero-order chi connectivity index (χ0) is 12.2. The van der Waals surface area contributed by atoms with Crippen LogP contribution in [0.25, 0.3) is 5.57 Å². The van der Waals surface area contributed by atoms with Crippen LogP contribution in [0.3, 0.4) is 0 Å². The van der Waals surface area contributed by atoms with Crippen molar-refractivity contribution in [2.24, 2.45) is 5.41 Å². The van der Waals surface area contributed by atoms with E-state index in [4.69, 9.17) is 0 Å². The van der Waals surface area contributed by atoms with Crippen molar-refractivity contribution in [3.8, 4) is 0 Å². The van der Waals surface area contributed by atoms with E-state index in [9.17, 15) is 4.79 Å². The maximum absolute atomic E-state index is 12.3. The zero-order valence-electron chi connectivity index (χ0n) is 10.4. The average Bonchev–Trinajstić information content (AvgIpc) is 2.28. The zero-order valence-corrected chi connectivity index (χ0v) is 10.4. The molecule has 0 aromatic heterocycles. The molecule has 1 rings (SSSR count). The number of ketones is 1. The summed E-state index contributed by atoms with van der Waals surface area (Å²) in [7, 11) is 0. The Morgan fingerprint density at radius 3 is 2.31 bits per heavy atom. The molecule has 1 aromatic carbocycles. The summed E-state index contributed by atoms with van der Waals surface area (Å²) >= 11 is 0. The van der Waals surface area contributed by atoms with E-state index >= 15 is 0 Å². The molecule has 1 aromatic rings. The fourth-order valence-corrected chi connectivity index (χ4v) is 1.92. The summed E-state index contributed by atoms with van der Waals surface area (Å²) < 4.78 is 0. The van der Waals surface area contributed by atoms with Crippen LogP contribution in [0.2, 0.25) is 0 Å². The predicted molar refractivity (Wildman–Crippen MR) is 69.2 cm³/mol. The Labute approximate surface area is 98.2 Å². The smallest absolute Gasteiger partial charge is 0.168 e. The van der Waals surface area contributed by atoms with E-state index in [1.165, 1.54) is 0 Å². The highest BCUT2D eigenvalue weighted by atomic mass is 16.1. The Balaban J connectivity index is 2.87. The fraction of sp³-hybridized carbons (Fsp3) is 0.400. The van der Waals surface area contributed by atoms with Crippen molar-refractivity contribution in [2.75, 3.05) is 0 Å². The van der Waals surface area contributed by atoms with Crippen molar-refractivity contribution >= 4 is 11.4 Å². The second-order valence-electron chi connectivity index (χ2n) is 4.81. The molecule has 1 heteroatoms. The first-order valence-electron chi connectivity index (χ1n) is 5.78. The number of hydrogen-bond acceptors (Lipinski definition) is 1. The molecule has 0 atom stereocenters. The van der Waals surface area contributed by atoms with E-state index in [0.717, 1.165) is 18.4 Å². The summed E-state index contributed by atoms with van der Waals surface area (Å²) in [5.74, 6) is 0.153. The molecule has 0 radical (unpaired) electrons. The third-order valence-corrected chi connectivity index (χ3v) is 2.89. The molecule has 1 nitrogen and oxygen atoms in total. The van der Waals surface area contributed by atoms with Gasteiger partial charge in [0, 0.05) is 11.0 Å². The second kappa shape index (κ2) is 5.11. The van der Waals surface area contributed by atoms with Crippen molar-refractivity contribution in [3.63, 3.8) is 0 Å². The minimum atomic E-state index is -0.304. The molecular formula is C15H20O. The molecule has 0 saturated heterocycles. The van der Waals surface area contributed by atoms with Crippen LogP contribution >= 0.6 is 0 Å². The van der Waals surface area contributed by atoms with Crippen LogP contribution in [0.1, 0.15) is 39.2 Å². The van der Waals surface area contributed by atoms with Gasteiger partial charge >= 0.3 is 0 Å². The summed E-state index contributed by atoms with van der Waals surface area (Å²) in [4.78, 5) is 12.3. The molecule has 0 aliphatic heterocycles. The average molecular weight is 216 g/mol. The molecule has 0 aliphatic carbocycles. The lowest BCUT2D eigenvalue weighted by molar-refractivity contribution is -0.121. The van der Waals surface area contributed by atoms with Crippen molar-refractivity contribution in [2.45, 2.75) is 33.6 Å². The van der Waals surface area contributed by atoms with Crippen LogP contribution in [-0.2, 0) is 4.79 Å². The van der Waals surface area contributed by atoms with Gasteiger partial charge in [0.05, 0.1) is 0 Å². The Hall–Kier alpha value is -1.37. The lowest BCUT2D eigenvalue weighted by atomic mass is 9.79. The van der Waals surface area contributed by atoms with Crippen molar-refractivity contribution in [1.29, 1.82) is 0 Å². The van der Waals surface area contributed by atoms with Crippen LogP contribution in [0.5, 0.6) is 0 Å². The van der Waals surface area contributed by atoms with Gasteiger partial charge in [-0.1, -0.05) is 64.1 Å². The summed E-state index contributed by atoms with van der Waals surface area (Å²) in [6.07, 6.45) is 1.92. The first-order chi connectivity index (χ1) is 7.49. The Kier molecular flexibility index (Phi) is 4.05. The number of benzene rings is 1. The number of Topliss-reactive ketones (excluding diaryl/α,β-unsaturated/α-hetero) is 1. The molecule has 0 aliphatic rings. The third-order valence-electron chi connectivity index (χ3n) is 2.89. The highest BCUT2D eigenvalue weighted by Gasteiger charge is 2.28. The van der Waals surface area contributed by atoms with Gasteiger partial charge < -0.3 is 0 Å². The summed E-state index contributed by atoms with van der Waals surface area (Å²) in [6, 6.07) is 9.67. The Bertz CT molecular complexity index is 374. The lowest BCUT2D eigenvalue weighted by Gasteiger charge is -2.23. The molecule has 0 saturated carbocycles. The van der Waals surface area contributed by atoms with E-state index in [-0.39, 0.29) is 11.2 Å². The van der Waals surface area contributed by atoms with Crippen molar-refractivity contribution < 1.29 is 4.79 Å². The minimum absolute atomic E-state index is 0.153. The van der Waals surface area contributed by atoms with Crippen LogP contribution in [-0.4, -0.2) is 5.78 Å². The predicted octanol–water partition coefficient (Wildman–Crippen LogP) is 4.10. The van der Waals surface area contributed by atoms with E-state index in [0.29, 0.717) is 5.57 Å². The van der Waals surface area contributed by atoms with E-state index in [1.807, 2.05) is 44.2 Å². The van der Waals surface area contributed by atoms with Gasteiger partial charge in [-0.15, -0.1) is 0 Å². The molecule has 0 fully saturated rings. The van der Waals surface area contributed by atoms with Gasteiger partial charge in [-0.25, -0.2) is 0 Å². The minimum Gasteiger partial charge on any atom is -0.294 e. The van der Waals surface area contributed by atoms with Gasteiger partial charge in [-0.05, 0) is 12.0 Å². The molecule has 0 bridgehead atoms. The first kappa shape index (κ1) is 12.7. The lowest BCUT2D eigenvalue weighted by Crippen LogP contribution is -2.24. The topological polar surface area (TPSA) is 17.1 Å².